The molecule has 0 spiro atoms. The number of rotatable bonds is 8. The molecule has 3 saturated heterocycles. The van der Waals surface area contributed by atoms with Crippen molar-refractivity contribution in [1.82, 2.24) is 34.9 Å². The number of hydrogen-bond acceptors (Lipinski definition) is 8. The number of anilines is 1. The van der Waals surface area contributed by atoms with Gasteiger partial charge in [-0.15, -0.1) is 0 Å². The summed E-state index contributed by atoms with van der Waals surface area (Å²) in [5.41, 5.74) is 9.05. The van der Waals surface area contributed by atoms with Gasteiger partial charge < -0.3 is 25.6 Å². The maximum absolute atomic E-state index is 6.41. The fraction of sp³-hybridized carbons (Fsp3) is 0.500. The summed E-state index contributed by atoms with van der Waals surface area (Å²) in [6, 6.07) is 18.1. The molecule has 0 aliphatic carbocycles. The first-order valence-corrected chi connectivity index (χ1v) is 16.2. The third kappa shape index (κ3) is 6.54. The van der Waals surface area contributed by atoms with Crippen LogP contribution in [-0.4, -0.2) is 81.9 Å². The van der Waals surface area contributed by atoms with Gasteiger partial charge in [0.05, 0.1) is 11.4 Å². The standard InChI is InChI=1S/C34H44N8O/c35-33-31-32(27-6-8-30(9-7-27)43-29-4-2-1-3-5-29)39-42(34(31)38-24-37-33)28-14-20-41(21-15-28)23-26-12-18-40(19-13-26)22-25-10-16-36-17-11-25/h1-9,24-26,28,36H,10-23H2,(H2,35,37,38). The predicted octanol–water partition coefficient (Wildman–Crippen LogP) is 5.22. The van der Waals surface area contributed by atoms with E-state index in [4.69, 9.17) is 15.6 Å². The molecule has 9 nitrogen and oxygen atoms in total. The van der Waals surface area contributed by atoms with Crippen LogP contribution in [-0.2, 0) is 0 Å². The van der Waals surface area contributed by atoms with Crippen LogP contribution < -0.4 is 15.8 Å². The van der Waals surface area contributed by atoms with Gasteiger partial charge in [0.1, 0.15) is 29.3 Å². The highest BCUT2D eigenvalue weighted by atomic mass is 16.5. The van der Waals surface area contributed by atoms with E-state index in [1.807, 2.05) is 54.6 Å². The average molecular weight is 581 g/mol. The van der Waals surface area contributed by atoms with E-state index in [2.05, 4.69) is 29.8 Å². The number of nitrogen functional groups attached to an aromatic ring is 1. The van der Waals surface area contributed by atoms with Gasteiger partial charge in [0.25, 0.3) is 0 Å². The third-order valence-corrected chi connectivity index (χ3v) is 9.73. The van der Waals surface area contributed by atoms with Crippen molar-refractivity contribution in [3.05, 3.63) is 60.9 Å². The molecule has 9 heteroatoms. The molecule has 2 aromatic carbocycles. The Morgan fingerprint density at radius 3 is 2.07 bits per heavy atom. The molecule has 3 aliphatic rings. The van der Waals surface area contributed by atoms with Gasteiger partial charge in [0.15, 0.2) is 5.65 Å². The summed E-state index contributed by atoms with van der Waals surface area (Å²) in [6.45, 7) is 9.67. The highest BCUT2D eigenvalue weighted by molar-refractivity contribution is 5.98. The minimum Gasteiger partial charge on any atom is -0.457 e. The molecule has 4 aromatic rings. The summed E-state index contributed by atoms with van der Waals surface area (Å²) in [7, 11) is 0. The van der Waals surface area contributed by atoms with Gasteiger partial charge in [-0.2, -0.15) is 5.10 Å². The minimum atomic E-state index is 0.300. The maximum atomic E-state index is 6.41. The van der Waals surface area contributed by atoms with Crippen LogP contribution in [0.4, 0.5) is 5.82 Å². The normalized spacial score (nSPS) is 20.1. The second-order valence-electron chi connectivity index (χ2n) is 12.7. The summed E-state index contributed by atoms with van der Waals surface area (Å²) in [4.78, 5) is 14.4. The fourth-order valence-electron chi connectivity index (χ4n) is 7.25. The van der Waals surface area contributed by atoms with Crippen LogP contribution in [0.25, 0.3) is 22.3 Å². The molecule has 2 aromatic heterocycles. The van der Waals surface area contributed by atoms with Crippen LogP contribution in [0.2, 0.25) is 0 Å². The summed E-state index contributed by atoms with van der Waals surface area (Å²) >= 11 is 0. The van der Waals surface area contributed by atoms with Gasteiger partial charge in [-0.1, -0.05) is 18.2 Å². The van der Waals surface area contributed by atoms with Crippen molar-refractivity contribution in [3.63, 3.8) is 0 Å². The van der Waals surface area contributed by atoms with Crippen LogP contribution in [0.15, 0.2) is 60.9 Å². The van der Waals surface area contributed by atoms with Gasteiger partial charge in [-0.25, -0.2) is 14.6 Å². The molecule has 0 bridgehead atoms. The molecule has 5 heterocycles. The molecule has 3 N–H and O–H groups in total. The zero-order valence-corrected chi connectivity index (χ0v) is 25.1. The Kier molecular flexibility index (Phi) is 8.54. The number of piperidine rings is 3. The number of nitrogens with two attached hydrogens (primary N) is 1. The molecule has 43 heavy (non-hydrogen) atoms. The number of hydrogen-bond donors (Lipinski definition) is 2. The predicted molar refractivity (Wildman–Crippen MR) is 171 cm³/mol. The number of para-hydroxylation sites is 1. The van der Waals surface area contributed by atoms with Crippen molar-refractivity contribution in [3.8, 4) is 22.8 Å². The summed E-state index contributed by atoms with van der Waals surface area (Å²) in [5.74, 6) is 3.78. The van der Waals surface area contributed by atoms with Gasteiger partial charge in [-0.3, -0.25) is 0 Å². The molecule has 0 saturated carbocycles. The average Bonchev–Trinajstić information content (AvgIpc) is 3.45. The first-order valence-electron chi connectivity index (χ1n) is 16.2. The van der Waals surface area contributed by atoms with Crippen LogP contribution >= 0.6 is 0 Å². The Morgan fingerprint density at radius 1 is 0.744 bits per heavy atom. The number of nitrogens with zero attached hydrogens (tertiary/aromatic N) is 6. The molecule has 0 unspecified atom stereocenters. The van der Waals surface area contributed by atoms with E-state index in [1.54, 1.807) is 6.33 Å². The topological polar surface area (TPSA) is 97.4 Å². The lowest BCUT2D eigenvalue weighted by Gasteiger charge is -2.39. The summed E-state index contributed by atoms with van der Waals surface area (Å²) in [6.07, 6.45) is 9.06. The van der Waals surface area contributed by atoms with Crippen molar-refractivity contribution in [2.45, 2.75) is 44.6 Å². The molecular formula is C34H44N8O. The number of benzene rings is 2. The van der Waals surface area contributed by atoms with E-state index in [-0.39, 0.29) is 0 Å². The van der Waals surface area contributed by atoms with Gasteiger partial charge >= 0.3 is 0 Å². The van der Waals surface area contributed by atoms with E-state index in [0.717, 1.165) is 71.6 Å². The van der Waals surface area contributed by atoms with Crippen molar-refractivity contribution < 1.29 is 4.74 Å². The lowest BCUT2D eigenvalue weighted by Crippen LogP contribution is -2.43. The molecule has 0 atom stereocenters. The largest absolute Gasteiger partial charge is 0.457 e. The number of likely N-dealkylation sites (tertiary alicyclic amines) is 2. The fourth-order valence-corrected chi connectivity index (χ4v) is 7.25. The lowest BCUT2D eigenvalue weighted by atomic mass is 9.92. The molecule has 0 amide bonds. The van der Waals surface area contributed by atoms with Crippen LogP contribution in [0.3, 0.4) is 0 Å². The van der Waals surface area contributed by atoms with E-state index in [1.165, 1.54) is 65.0 Å². The third-order valence-electron chi connectivity index (χ3n) is 9.73. The Bertz CT molecular complexity index is 1470. The molecule has 226 valence electrons. The van der Waals surface area contributed by atoms with Crippen molar-refractivity contribution in [1.29, 1.82) is 0 Å². The maximum Gasteiger partial charge on any atom is 0.164 e. The molecule has 3 aliphatic heterocycles. The van der Waals surface area contributed by atoms with Gasteiger partial charge in [0, 0.05) is 31.7 Å². The molecule has 7 rings (SSSR count). The monoisotopic (exact) mass is 580 g/mol. The Balaban J connectivity index is 0.978. The smallest absolute Gasteiger partial charge is 0.164 e. The van der Waals surface area contributed by atoms with Crippen molar-refractivity contribution in [2.75, 3.05) is 58.1 Å². The number of aromatic nitrogens is 4. The quantitative estimate of drug-likeness (QED) is 0.293. The first-order chi connectivity index (χ1) is 21.2. The minimum absolute atomic E-state index is 0.300. The van der Waals surface area contributed by atoms with Crippen LogP contribution in [0.5, 0.6) is 11.5 Å². The first kappa shape index (κ1) is 28.3. The summed E-state index contributed by atoms with van der Waals surface area (Å²) in [5, 5.41) is 9.45. The summed E-state index contributed by atoms with van der Waals surface area (Å²) < 4.78 is 8.12. The van der Waals surface area contributed by atoms with E-state index in [0.29, 0.717) is 11.9 Å². The number of ether oxygens (including phenoxy) is 1. The Labute approximate surface area is 254 Å². The van der Waals surface area contributed by atoms with Gasteiger partial charge in [-0.05, 0) is 113 Å². The zero-order valence-electron chi connectivity index (χ0n) is 25.1. The molecular weight excluding hydrogens is 536 g/mol. The van der Waals surface area contributed by atoms with E-state index >= 15 is 0 Å². The molecule has 3 fully saturated rings. The molecule has 0 radical (unpaired) electrons. The van der Waals surface area contributed by atoms with Crippen LogP contribution in [0, 0.1) is 11.8 Å². The Hall–Kier alpha value is -3.53. The van der Waals surface area contributed by atoms with Crippen LogP contribution in [0.1, 0.15) is 44.6 Å². The highest BCUT2D eigenvalue weighted by Gasteiger charge is 2.29. The Morgan fingerprint density at radius 2 is 1.37 bits per heavy atom. The highest BCUT2D eigenvalue weighted by Crippen LogP contribution is 2.35. The van der Waals surface area contributed by atoms with E-state index < -0.39 is 0 Å². The van der Waals surface area contributed by atoms with E-state index in [9.17, 15) is 0 Å². The number of fused-ring (bicyclic) bond motifs is 1. The SMILES string of the molecule is Nc1ncnc2c1c(-c1ccc(Oc3ccccc3)cc1)nn2C1CCN(CC2CCN(CC3CCNCC3)CC2)CC1. The second-order valence-corrected chi connectivity index (χ2v) is 12.7. The van der Waals surface area contributed by atoms with Crippen molar-refractivity contribution in [2.24, 2.45) is 11.8 Å². The van der Waals surface area contributed by atoms with Crippen molar-refractivity contribution >= 4 is 16.9 Å². The zero-order chi connectivity index (χ0) is 29.0. The van der Waals surface area contributed by atoms with Gasteiger partial charge in [0.2, 0.25) is 0 Å². The lowest BCUT2D eigenvalue weighted by molar-refractivity contribution is 0.106. The second kappa shape index (κ2) is 13.0. The number of nitrogens with one attached hydrogen (secondary N) is 1.